The van der Waals surface area contributed by atoms with Crippen molar-refractivity contribution in [3.63, 3.8) is 0 Å². The second-order valence-corrected chi connectivity index (χ2v) is 12.1. The molecule has 4 rings (SSSR count). The Kier molecular flexibility index (Phi) is 6.53. The Hall–Kier alpha value is -0.640. The van der Waals surface area contributed by atoms with E-state index in [1.807, 2.05) is 6.08 Å². The fourth-order valence-corrected chi connectivity index (χ4v) is 8.42. The Balaban J connectivity index is 1.57. The molecule has 0 aromatic carbocycles. The largest absolute Gasteiger partial charge is 0.393 e. The molecular weight excluding hydrogens is 384 g/mol. The molecule has 1 unspecified atom stereocenters. The first-order chi connectivity index (χ1) is 14.6. The average molecular weight is 431 g/mol. The third-order valence-electron chi connectivity index (χ3n) is 10.6. The van der Waals surface area contributed by atoms with Crippen LogP contribution < -0.4 is 0 Å². The standard InChI is InChI=1S/C28H46O3/c1-6-17(2)8-7-9-18(3)21-10-11-22-26-23(12-13-27(21,22)4)28(5)19(15-24(26)30)14-20(29)16-25(28)31/h7,9,15,17-18,20-26,29-31H,6,8,10-14,16H2,1-5H3/b9-7+/t17?,18-,20-,21-,22+,23+,24-,25+,26+,27-,28+/m1/s1. The van der Waals surface area contributed by atoms with Crippen molar-refractivity contribution < 1.29 is 15.3 Å². The van der Waals surface area contributed by atoms with Crippen molar-refractivity contribution >= 4 is 0 Å². The third-order valence-corrected chi connectivity index (χ3v) is 10.6. The highest BCUT2D eigenvalue weighted by Gasteiger charge is 2.62. The second kappa shape index (κ2) is 8.61. The maximum absolute atomic E-state index is 11.3. The van der Waals surface area contributed by atoms with Crippen molar-refractivity contribution in [2.75, 3.05) is 0 Å². The van der Waals surface area contributed by atoms with Crippen molar-refractivity contribution in [1.82, 2.24) is 0 Å². The van der Waals surface area contributed by atoms with Crippen LogP contribution in [-0.2, 0) is 0 Å². The van der Waals surface area contributed by atoms with Crippen LogP contribution in [0.25, 0.3) is 0 Å². The van der Waals surface area contributed by atoms with E-state index in [1.54, 1.807) is 0 Å². The first kappa shape index (κ1) is 23.5. The Bertz CT molecular complexity index is 713. The summed E-state index contributed by atoms with van der Waals surface area (Å²) in [6.45, 7) is 11.7. The number of hydrogen-bond donors (Lipinski definition) is 3. The molecule has 11 atom stereocenters. The second-order valence-electron chi connectivity index (χ2n) is 12.1. The predicted octanol–water partition coefficient (Wildman–Crippen LogP) is 5.50. The van der Waals surface area contributed by atoms with Gasteiger partial charge < -0.3 is 15.3 Å². The molecule has 0 spiro atoms. The van der Waals surface area contributed by atoms with E-state index in [0.717, 1.165) is 17.9 Å². The minimum absolute atomic E-state index is 0.235. The summed E-state index contributed by atoms with van der Waals surface area (Å²) in [5.41, 5.74) is 1.08. The van der Waals surface area contributed by atoms with Crippen LogP contribution in [0.5, 0.6) is 0 Å². The van der Waals surface area contributed by atoms with Crippen LogP contribution >= 0.6 is 0 Å². The van der Waals surface area contributed by atoms with E-state index in [9.17, 15) is 15.3 Å². The zero-order valence-electron chi connectivity index (χ0n) is 20.4. The van der Waals surface area contributed by atoms with E-state index in [4.69, 9.17) is 0 Å². The third kappa shape index (κ3) is 3.77. The molecule has 0 aromatic heterocycles. The maximum Gasteiger partial charge on any atom is 0.0757 e. The predicted molar refractivity (Wildman–Crippen MR) is 126 cm³/mol. The number of allylic oxidation sites excluding steroid dienone is 2. The average Bonchev–Trinajstić information content (AvgIpc) is 3.07. The first-order valence-corrected chi connectivity index (χ1v) is 13.0. The molecule has 31 heavy (non-hydrogen) atoms. The molecule has 3 nitrogen and oxygen atoms in total. The van der Waals surface area contributed by atoms with Gasteiger partial charge in [-0.2, -0.15) is 0 Å². The lowest BCUT2D eigenvalue weighted by atomic mass is 9.45. The Morgan fingerprint density at radius 1 is 1.10 bits per heavy atom. The normalized spacial score (nSPS) is 49.2. The van der Waals surface area contributed by atoms with Gasteiger partial charge in [-0.15, -0.1) is 0 Å². The zero-order valence-corrected chi connectivity index (χ0v) is 20.4. The van der Waals surface area contributed by atoms with Gasteiger partial charge in [0.05, 0.1) is 18.3 Å². The minimum Gasteiger partial charge on any atom is -0.393 e. The Morgan fingerprint density at radius 2 is 1.84 bits per heavy atom. The van der Waals surface area contributed by atoms with Gasteiger partial charge in [-0.1, -0.05) is 64.8 Å². The Labute approximate surface area is 190 Å². The van der Waals surface area contributed by atoms with E-state index in [0.29, 0.717) is 36.5 Å². The van der Waals surface area contributed by atoms with Gasteiger partial charge in [-0.05, 0) is 79.4 Å². The molecule has 0 radical (unpaired) electrons. The molecule has 3 fully saturated rings. The molecule has 0 bridgehead atoms. The van der Waals surface area contributed by atoms with Gasteiger partial charge in [0.2, 0.25) is 0 Å². The maximum atomic E-state index is 11.3. The van der Waals surface area contributed by atoms with Gasteiger partial charge in [0.25, 0.3) is 0 Å². The molecule has 4 aliphatic carbocycles. The number of hydrogen-bond acceptors (Lipinski definition) is 3. The highest BCUT2D eigenvalue weighted by molar-refractivity contribution is 5.30. The lowest BCUT2D eigenvalue weighted by Crippen LogP contribution is -2.58. The molecule has 3 N–H and O–H groups in total. The minimum atomic E-state index is -0.508. The van der Waals surface area contributed by atoms with Crippen molar-refractivity contribution in [3.8, 4) is 0 Å². The highest BCUT2D eigenvalue weighted by Crippen LogP contribution is 2.67. The topological polar surface area (TPSA) is 60.7 Å². The van der Waals surface area contributed by atoms with Gasteiger partial charge in [0, 0.05) is 11.8 Å². The van der Waals surface area contributed by atoms with Gasteiger partial charge in [0.15, 0.2) is 0 Å². The van der Waals surface area contributed by atoms with Crippen LogP contribution in [-0.4, -0.2) is 33.6 Å². The van der Waals surface area contributed by atoms with E-state index in [1.165, 1.54) is 32.1 Å². The summed E-state index contributed by atoms with van der Waals surface area (Å²) in [4.78, 5) is 0. The summed E-state index contributed by atoms with van der Waals surface area (Å²) in [6.07, 6.45) is 13.7. The molecule has 0 aromatic rings. The van der Waals surface area contributed by atoms with Crippen molar-refractivity contribution in [3.05, 3.63) is 23.8 Å². The summed E-state index contributed by atoms with van der Waals surface area (Å²) in [7, 11) is 0. The summed E-state index contributed by atoms with van der Waals surface area (Å²) < 4.78 is 0. The SMILES string of the molecule is CCC(C)C/C=C/[C@@H](C)[C@H]1CC[C@H]2[C@@H]3[C@H](O)C=C4C[C@@H](O)C[C@H](O)[C@]4(C)[C@H]3CC[C@]12C. The Morgan fingerprint density at radius 3 is 2.55 bits per heavy atom. The highest BCUT2D eigenvalue weighted by atomic mass is 16.3. The fraction of sp³-hybridized carbons (Fsp3) is 0.857. The summed E-state index contributed by atoms with van der Waals surface area (Å²) in [5.74, 6) is 3.08. The molecule has 0 saturated heterocycles. The fourth-order valence-electron chi connectivity index (χ4n) is 8.42. The molecule has 0 heterocycles. The first-order valence-electron chi connectivity index (χ1n) is 13.0. The number of rotatable bonds is 5. The van der Waals surface area contributed by atoms with E-state index in [-0.39, 0.29) is 16.7 Å². The molecule has 176 valence electrons. The van der Waals surface area contributed by atoms with Crippen molar-refractivity contribution in [1.29, 1.82) is 0 Å². The van der Waals surface area contributed by atoms with Gasteiger partial charge in [-0.3, -0.25) is 0 Å². The van der Waals surface area contributed by atoms with Crippen LogP contribution in [0.15, 0.2) is 23.8 Å². The monoisotopic (exact) mass is 430 g/mol. The lowest BCUT2D eigenvalue weighted by molar-refractivity contribution is -0.132. The molecular formula is C28H46O3. The number of fused-ring (bicyclic) bond motifs is 5. The van der Waals surface area contributed by atoms with Gasteiger partial charge >= 0.3 is 0 Å². The number of aliphatic hydroxyl groups excluding tert-OH is 3. The molecule has 4 aliphatic rings. The van der Waals surface area contributed by atoms with E-state index >= 15 is 0 Å². The summed E-state index contributed by atoms with van der Waals surface area (Å²) >= 11 is 0. The molecule has 0 amide bonds. The van der Waals surface area contributed by atoms with Crippen LogP contribution in [0.2, 0.25) is 0 Å². The summed E-state index contributed by atoms with van der Waals surface area (Å²) in [5, 5.41) is 32.6. The van der Waals surface area contributed by atoms with Gasteiger partial charge in [0.1, 0.15) is 0 Å². The molecule has 3 heteroatoms. The zero-order chi connectivity index (χ0) is 22.6. The number of aliphatic hydroxyl groups is 3. The van der Waals surface area contributed by atoms with Crippen LogP contribution in [0.4, 0.5) is 0 Å². The van der Waals surface area contributed by atoms with Crippen LogP contribution in [0.1, 0.15) is 86.0 Å². The van der Waals surface area contributed by atoms with Crippen LogP contribution in [0.3, 0.4) is 0 Å². The molecule has 3 saturated carbocycles. The lowest BCUT2D eigenvalue weighted by Gasteiger charge is -2.60. The van der Waals surface area contributed by atoms with Gasteiger partial charge in [-0.25, -0.2) is 0 Å². The smallest absolute Gasteiger partial charge is 0.0757 e. The van der Waals surface area contributed by atoms with Crippen LogP contribution in [0, 0.1) is 46.3 Å². The van der Waals surface area contributed by atoms with E-state index in [2.05, 4.69) is 46.8 Å². The molecule has 0 aliphatic heterocycles. The quantitative estimate of drug-likeness (QED) is 0.505. The van der Waals surface area contributed by atoms with Crippen molar-refractivity contribution in [2.45, 2.75) is 104 Å². The van der Waals surface area contributed by atoms with Crippen molar-refractivity contribution in [2.24, 2.45) is 46.3 Å². The van der Waals surface area contributed by atoms with E-state index < -0.39 is 18.3 Å². The summed E-state index contributed by atoms with van der Waals surface area (Å²) in [6, 6.07) is 0.